The van der Waals surface area contributed by atoms with Crippen molar-refractivity contribution in [3.8, 4) is 17.1 Å². The Morgan fingerprint density at radius 1 is 1.48 bits per heavy atom. The standard InChI is InChI=1S/C14H17BrN4O2/c1-9(2)16-12(20)8-19-13(17-14(15)18-19)10-5-4-6-11(7-10)21-3/h4-7,9H,8H2,1-3H3,(H,16,20). The van der Waals surface area contributed by atoms with Gasteiger partial charge in [-0.25, -0.2) is 9.67 Å². The highest BCUT2D eigenvalue weighted by atomic mass is 79.9. The molecule has 1 amide bonds. The van der Waals surface area contributed by atoms with Gasteiger partial charge >= 0.3 is 0 Å². The molecule has 0 radical (unpaired) electrons. The second kappa shape index (κ2) is 6.71. The first-order valence-electron chi connectivity index (χ1n) is 6.53. The number of amides is 1. The van der Waals surface area contributed by atoms with E-state index < -0.39 is 0 Å². The van der Waals surface area contributed by atoms with Gasteiger partial charge in [-0.2, -0.15) is 0 Å². The monoisotopic (exact) mass is 352 g/mol. The minimum Gasteiger partial charge on any atom is -0.497 e. The summed E-state index contributed by atoms with van der Waals surface area (Å²) in [5.41, 5.74) is 0.838. The van der Waals surface area contributed by atoms with Crippen molar-refractivity contribution in [1.82, 2.24) is 20.1 Å². The van der Waals surface area contributed by atoms with Crippen molar-refractivity contribution in [3.05, 3.63) is 29.0 Å². The van der Waals surface area contributed by atoms with E-state index in [9.17, 15) is 4.79 Å². The van der Waals surface area contributed by atoms with E-state index in [1.807, 2.05) is 38.1 Å². The molecule has 7 heteroatoms. The Kier molecular flexibility index (Phi) is 4.95. The van der Waals surface area contributed by atoms with Gasteiger partial charge < -0.3 is 10.1 Å². The summed E-state index contributed by atoms with van der Waals surface area (Å²) in [6.45, 7) is 3.94. The Labute approximate surface area is 131 Å². The highest BCUT2D eigenvalue weighted by Crippen LogP contribution is 2.23. The maximum Gasteiger partial charge on any atom is 0.242 e. The quantitative estimate of drug-likeness (QED) is 0.895. The Bertz CT molecular complexity index is 640. The van der Waals surface area contributed by atoms with Crippen molar-refractivity contribution >= 4 is 21.8 Å². The molecule has 0 aliphatic carbocycles. The van der Waals surface area contributed by atoms with Crippen molar-refractivity contribution < 1.29 is 9.53 Å². The number of methoxy groups -OCH3 is 1. The highest BCUT2D eigenvalue weighted by molar-refractivity contribution is 9.10. The van der Waals surface area contributed by atoms with Gasteiger partial charge in [0.1, 0.15) is 12.3 Å². The van der Waals surface area contributed by atoms with Gasteiger partial charge in [0.15, 0.2) is 5.82 Å². The van der Waals surface area contributed by atoms with Gasteiger partial charge in [0.05, 0.1) is 7.11 Å². The lowest BCUT2D eigenvalue weighted by Gasteiger charge is -2.10. The van der Waals surface area contributed by atoms with Gasteiger partial charge in [0.2, 0.25) is 10.6 Å². The van der Waals surface area contributed by atoms with Crippen LogP contribution in [0.1, 0.15) is 13.8 Å². The van der Waals surface area contributed by atoms with Crippen molar-refractivity contribution in [2.45, 2.75) is 26.4 Å². The molecule has 0 aliphatic heterocycles. The van der Waals surface area contributed by atoms with E-state index in [4.69, 9.17) is 4.74 Å². The zero-order valence-corrected chi connectivity index (χ0v) is 13.7. The normalized spacial score (nSPS) is 10.7. The molecule has 0 aliphatic rings. The molecule has 1 heterocycles. The van der Waals surface area contributed by atoms with Crippen LogP contribution in [0.2, 0.25) is 0 Å². The van der Waals surface area contributed by atoms with E-state index >= 15 is 0 Å². The highest BCUT2D eigenvalue weighted by Gasteiger charge is 2.14. The van der Waals surface area contributed by atoms with Crippen LogP contribution in [0.15, 0.2) is 29.0 Å². The van der Waals surface area contributed by atoms with Gasteiger partial charge in [0.25, 0.3) is 0 Å². The summed E-state index contributed by atoms with van der Waals surface area (Å²) >= 11 is 3.25. The molecule has 0 atom stereocenters. The van der Waals surface area contributed by atoms with E-state index in [-0.39, 0.29) is 18.5 Å². The average molecular weight is 353 g/mol. The Morgan fingerprint density at radius 2 is 2.24 bits per heavy atom. The molecule has 6 nitrogen and oxygen atoms in total. The Hall–Kier alpha value is -1.89. The van der Waals surface area contributed by atoms with E-state index in [1.165, 1.54) is 0 Å². The molecular weight excluding hydrogens is 336 g/mol. The topological polar surface area (TPSA) is 69.0 Å². The first-order chi connectivity index (χ1) is 9.99. The predicted molar refractivity (Wildman–Crippen MR) is 83.0 cm³/mol. The molecule has 0 unspecified atom stereocenters. The zero-order valence-electron chi connectivity index (χ0n) is 12.1. The summed E-state index contributed by atoms with van der Waals surface area (Å²) in [6.07, 6.45) is 0. The fourth-order valence-electron chi connectivity index (χ4n) is 1.90. The smallest absolute Gasteiger partial charge is 0.242 e. The van der Waals surface area contributed by atoms with E-state index in [0.717, 1.165) is 11.3 Å². The second-order valence-electron chi connectivity index (χ2n) is 4.82. The van der Waals surface area contributed by atoms with Crippen LogP contribution in [0, 0.1) is 0 Å². The molecule has 0 saturated carbocycles. The number of nitrogens with one attached hydrogen (secondary N) is 1. The lowest BCUT2D eigenvalue weighted by atomic mass is 10.2. The van der Waals surface area contributed by atoms with Crippen LogP contribution in [0.5, 0.6) is 5.75 Å². The fraction of sp³-hybridized carbons (Fsp3) is 0.357. The van der Waals surface area contributed by atoms with E-state index in [1.54, 1.807) is 11.8 Å². The SMILES string of the molecule is COc1cccc(-c2nc(Br)nn2CC(=O)NC(C)C)c1. The van der Waals surface area contributed by atoms with Crippen LogP contribution in [0.4, 0.5) is 0 Å². The van der Waals surface area contributed by atoms with Crippen molar-refractivity contribution in [3.63, 3.8) is 0 Å². The average Bonchev–Trinajstić information content (AvgIpc) is 2.78. The van der Waals surface area contributed by atoms with Crippen molar-refractivity contribution in [2.75, 3.05) is 7.11 Å². The van der Waals surface area contributed by atoms with Crippen molar-refractivity contribution in [2.24, 2.45) is 0 Å². The summed E-state index contributed by atoms with van der Waals surface area (Å²) in [7, 11) is 1.61. The third kappa shape index (κ3) is 4.04. The van der Waals surface area contributed by atoms with E-state index in [0.29, 0.717) is 10.6 Å². The summed E-state index contributed by atoms with van der Waals surface area (Å²) < 4.78 is 7.22. The number of ether oxygens (including phenoxy) is 1. The fourth-order valence-corrected chi connectivity index (χ4v) is 2.26. The minimum atomic E-state index is -0.105. The number of hydrogen-bond acceptors (Lipinski definition) is 4. The molecule has 21 heavy (non-hydrogen) atoms. The third-order valence-electron chi connectivity index (χ3n) is 2.72. The summed E-state index contributed by atoms with van der Waals surface area (Å²) in [6, 6.07) is 7.56. The van der Waals surface area contributed by atoms with E-state index in [2.05, 4.69) is 31.3 Å². The summed E-state index contributed by atoms with van der Waals surface area (Å²) in [4.78, 5) is 16.2. The largest absolute Gasteiger partial charge is 0.497 e. The molecule has 1 N–H and O–H groups in total. The maximum atomic E-state index is 11.9. The van der Waals surface area contributed by atoms with Crippen LogP contribution in [-0.2, 0) is 11.3 Å². The van der Waals surface area contributed by atoms with Crippen LogP contribution in [0.25, 0.3) is 11.4 Å². The molecular formula is C14H17BrN4O2. The van der Waals surface area contributed by atoms with Gasteiger partial charge in [0, 0.05) is 11.6 Å². The van der Waals surface area contributed by atoms with Crippen molar-refractivity contribution in [1.29, 1.82) is 0 Å². The zero-order chi connectivity index (χ0) is 15.4. The number of carbonyl (C=O) groups excluding carboxylic acids is 1. The number of hydrogen-bond donors (Lipinski definition) is 1. The second-order valence-corrected chi connectivity index (χ2v) is 5.53. The first-order valence-corrected chi connectivity index (χ1v) is 7.33. The molecule has 0 spiro atoms. The molecule has 0 saturated heterocycles. The number of aromatic nitrogens is 3. The Morgan fingerprint density at radius 3 is 2.90 bits per heavy atom. The Balaban J connectivity index is 2.29. The number of carbonyl (C=O) groups is 1. The summed E-state index contributed by atoms with van der Waals surface area (Å²) in [5, 5.41) is 7.04. The first kappa shape index (κ1) is 15.5. The molecule has 0 fully saturated rings. The molecule has 1 aromatic heterocycles. The van der Waals surface area contributed by atoms with Crippen LogP contribution in [0.3, 0.4) is 0 Å². The third-order valence-corrected chi connectivity index (χ3v) is 3.05. The molecule has 1 aromatic carbocycles. The van der Waals surface area contributed by atoms with Crippen LogP contribution in [-0.4, -0.2) is 33.8 Å². The number of nitrogens with zero attached hydrogens (tertiary/aromatic N) is 3. The van der Waals surface area contributed by atoms with Crippen LogP contribution < -0.4 is 10.1 Å². The number of rotatable bonds is 5. The van der Waals surface area contributed by atoms with Gasteiger partial charge in [-0.05, 0) is 41.9 Å². The summed E-state index contributed by atoms with van der Waals surface area (Å²) in [5.74, 6) is 1.23. The molecule has 2 rings (SSSR count). The maximum absolute atomic E-state index is 11.9. The van der Waals surface area contributed by atoms with Gasteiger partial charge in [-0.3, -0.25) is 4.79 Å². The molecule has 0 bridgehead atoms. The lowest BCUT2D eigenvalue weighted by Crippen LogP contribution is -2.33. The number of halogens is 1. The molecule has 2 aromatic rings. The molecule has 112 valence electrons. The minimum absolute atomic E-state index is 0.0877. The predicted octanol–water partition coefficient (Wildman–Crippen LogP) is 2.24. The van der Waals surface area contributed by atoms with Crippen LogP contribution >= 0.6 is 15.9 Å². The lowest BCUT2D eigenvalue weighted by molar-refractivity contribution is -0.122. The van der Waals surface area contributed by atoms with Gasteiger partial charge in [-0.1, -0.05) is 12.1 Å². The van der Waals surface area contributed by atoms with Gasteiger partial charge in [-0.15, -0.1) is 5.10 Å². The number of benzene rings is 1.